The quantitative estimate of drug-likeness (QED) is 0.914. The van der Waals surface area contributed by atoms with Gasteiger partial charge >= 0.3 is 6.03 Å². The molecule has 1 aliphatic rings. The smallest absolute Gasteiger partial charge is 0.322 e. The van der Waals surface area contributed by atoms with Gasteiger partial charge in [0.15, 0.2) is 0 Å². The molecule has 3 rings (SSSR count). The van der Waals surface area contributed by atoms with E-state index in [0.717, 1.165) is 5.75 Å². The van der Waals surface area contributed by atoms with Gasteiger partial charge in [-0.25, -0.2) is 4.79 Å². The molecule has 6 heteroatoms. The van der Waals surface area contributed by atoms with E-state index in [4.69, 9.17) is 4.74 Å². The Hall–Kier alpha value is -3.02. The molecule has 0 unspecified atom stereocenters. The van der Waals surface area contributed by atoms with E-state index in [2.05, 4.69) is 10.6 Å². The van der Waals surface area contributed by atoms with E-state index in [0.29, 0.717) is 24.5 Å². The summed E-state index contributed by atoms with van der Waals surface area (Å²) in [6, 6.07) is 16.3. The largest absolute Gasteiger partial charge is 0.457 e. The third kappa shape index (κ3) is 4.00. The second-order valence-corrected chi connectivity index (χ2v) is 5.14. The Balaban J connectivity index is 1.65. The van der Waals surface area contributed by atoms with Crippen molar-refractivity contribution in [2.75, 3.05) is 25.0 Å². The van der Waals surface area contributed by atoms with Crippen LogP contribution in [0.25, 0.3) is 0 Å². The van der Waals surface area contributed by atoms with Crippen molar-refractivity contribution >= 4 is 17.6 Å². The fourth-order valence-corrected chi connectivity index (χ4v) is 2.28. The van der Waals surface area contributed by atoms with Gasteiger partial charge in [-0.3, -0.25) is 4.79 Å². The van der Waals surface area contributed by atoms with Gasteiger partial charge < -0.3 is 20.3 Å². The minimum atomic E-state index is -0.295. The minimum absolute atomic E-state index is 0.0754. The van der Waals surface area contributed by atoms with E-state index in [9.17, 15) is 9.59 Å². The fourth-order valence-electron chi connectivity index (χ4n) is 2.28. The standard InChI is InChI=1S/C17H17N3O3/c21-16-12-20(10-9-18-16)17(22)19-13-5-4-8-15(11-13)23-14-6-2-1-3-7-14/h1-8,11H,9-10,12H2,(H,18,21)(H,19,22). The van der Waals surface area contributed by atoms with E-state index in [1.807, 2.05) is 36.4 Å². The number of nitrogens with one attached hydrogen (secondary N) is 2. The lowest BCUT2D eigenvalue weighted by molar-refractivity contribution is -0.123. The molecule has 0 radical (unpaired) electrons. The molecule has 23 heavy (non-hydrogen) atoms. The maximum Gasteiger partial charge on any atom is 0.322 e. The van der Waals surface area contributed by atoms with Crippen LogP contribution < -0.4 is 15.4 Å². The lowest BCUT2D eigenvalue weighted by atomic mass is 10.3. The zero-order chi connectivity index (χ0) is 16.1. The van der Waals surface area contributed by atoms with Gasteiger partial charge in [0.2, 0.25) is 5.91 Å². The number of ether oxygens (including phenoxy) is 1. The van der Waals surface area contributed by atoms with Gasteiger partial charge in [0.25, 0.3) is 0 Å². The highest BCUT2D eigenvalue weighted by molar-refractivity contribution is 5.93. The molecule has 6 nitrogen and oxygen atoms in total. The molecule has 1 saturated heterocycles. The highest BCUT2D eigenvalue weighted by Gasteiger charge is 2.21. The molecule has 2 N–H and O–H groups in total. The maximum absolute atomic E-state index is 12.2. The third-order valence-electron chi connectivity index (χ3n) is 3.39. The number of amides is 3. The summed E-state index contributed by atoms with van der Waals surface area (Å²) < 4.78 is 5.73. The van der Waals surface area contributed by atoms with E-state index in [1.54, 1.807) is 18.2 Å². The van der Waals surface area contributed by atoms with Crippen molar-refractivity contribution in [3.8, 4) is 11.5 Å². The van der Waals surface area contributed by atoms with Crippen LogP contribution in [0.15, 0.2) is 54.6 Å². The fraction of sp³-hybridized carbons (Fsp3) is 0.176. The molecule has 0 aromatic heterocycles. The van der Waals surface area contributed by atoms with Crippen molar-refractivity contribution in [2.24, 2.45) is 0 Å². The van der Waals surface area contributed by atoms with Crippen molar-refractivity contribution in [3.63, 3.8) is 0 Å². The first-order valence-electron chi connectivity index (χ1n) is 7.36. The van der Waals surface area contributed by atoms with E-state index in [-0.39, 0.29) is 18.5 Å². The molecule has 3 amide bonds. The summed E-state index contributed by atoms with van der Waals surface area (Å²) in [6.07, 6.45) is 0. The Bertz CT molecular complexity index is 703. The normalized spacial score (nSPS) is 14.1. The summed E-state index contributed by atoms with van der Waals surface area (Å²) in [4.78, 5) is 25.0. The monoisotopic (exact) mass is 311 g/mol. The summed E-state index contributed by atoms with van der Waals surface area (Å²) >= 11 is 0. The number of hydrogen-bond donors (Lipinski definition) is 2. The van der Waals surface area contributed by atoms with E-state index >= 15 is 0 Å². The SMILES string of the molecule is O=C1CN(C(=O)Nc2cccc(Oc3ccccc3)c2)CCN1. The maximum atomic E-state index is 12.2. The summed E-state index contributed by atoms with van der Waals surface area (Å²) in [6.45, 7) is 1.05. The Labute approximate surface area is 134 Å². The molecule has 0 saturated carbocycles. The van der Waals surface area contributed by atoms with Gasteiger partial charge in [0.05, 0.1) is 0 Å². The molecule has 2 aromatic rings. The van der Waals surface area contributed by atoms with Gasteiger partial charge in [-0.2, -0.15) is 0 Å². The van der Waals surface area contributed by atoms with E-state index < -0.39 is 0 Å². The van der Waals surface area contributed by atoms with Crippen molar-refractivity contribution < 1.29 is 14.3 Å². The highest BCUT2D eigenvalue weighted by Crippen LogP contribution is 2.24. The number of carbonyl (C=O) groups excluding carboxylic acids is 2. The number of rotatable bonds is 3. The number of nitrogens with zero attached hydrogens (tertiary/aromatic N) is 1. The zero-order valence-electron chi connectivity index (χ0n) is 12.5. The summed E-state index contributed by atoms with van der Waals surface area (Å²) in [5.41, 5.74) is 0.620. The van der Waals surface area contributed by atoms with E-state index in [1.165, 1.54) is 4.90 Å². The van der Waals surface area contributed by atoms with Crippen LogP contribution in [0.3, 0.4) is 0 Å². The molecule has 0 spiro atoms. The summed E-state index contributed by atoms with van der Waals surface area (Å²) in [7, 11) is 0. The number of benzene rings is 2. The number of hydrogen-bond acceptors (Lipinski definition) is 3. The van der Waals surface area contributed by atoms with Crippen LogP contribution in [0, 0.1) is 0 Å². The molecule has 0 bridgehead atoms. The van der Waals surface area contributed by atoms with Crippen LogP contribution >= 0.6 is 0 Å². The first-order chi connectivity index (χ1) is 11.2. The van der Waals surface area contributed by atoms with Crippen LogP contribution in [0.5, 0.6) is 11.5 Å². The first-order valence-corrected chi connectivity index (χ1v) is 7.36. The van der Waals surface area contributed by atoms with Gasteiger partial charge in [0, 0.05) is 24.8 Å². The van der Waals surface area contributed by atoms with Crippen LogP contribution in [-0.2, 0) is 4.79 Å². The number of anilines is 1. The molecular formula is C17H17N3O3. The van der Waals surface area contributed by atoms with Crippen LogP contribution in [-0.4, -0.2) is 36.5 Å². The second kappa shape index (κ2) is 6.83. The molecule has 2 aromatic carbocycles. The highest BCUT2D eigenvalue weighted by atomic mass is 16.5. The lowest BCUT2D eigenvalue weighted by Crippen LogP contribution is -2.51. The van der Waals surface area contributed by atoms with Crippen LogP contribution in [0.1, 0.15) is 0 Å². The number of para-hydroxylation sites is 1. The number of carbonyl (C=O) groups is 2. The molecular weight excluding hydrogens is 294 g/mol. The second-order valence-electron chi connectivity index (χ2n) is 5.14. The average Bonchev–Trinajstić information content (AvgIpc) is 2.56. The topological polar surface area (TPSA) is 70.7 Å². The zero-order valence-corrected chi connectivity index (χ0v) is 12.5. The van der Waals surface area contributed by atoms with Crippen molar-refractivity contribution in [1.82, 2.24) is 10.2 Å². The minimum Gasteiger partial charge on any atom is -0.457 e. The Morgan fingerprint density at radius 3 is 2.65 bits per heavy atom. The number of piperazine rings is 1. The summed E-state index contributed by atoms with van der Waals surface area (Å²) in [5, 5.41) is 5.47. The van der Waals surface area contributed by atoms with Crippen LogP contribution in [0.2, 0.25) is 0 Å². The number of urea groups is 1. The molecule has 0 atom stereocenters. The Morgan fingerprint density at radius 1 is 1.09 bits per heavy atom. The predicted octanol–water partition coefficient (Wildman–Crippen LogP) is 2.44. The molecule has 1 aliphatic heterocycles. The van der Waals surface area contributed by atoms with Crippen LogP contribution in [0.4, 0.5) is 10.5 Å². The van der Waals surface area contributed by atoms with Gasteiger partial charge in [-0.05, 0) is 24.3 Å². The summed E-state index contributed by atoms with van der Waals surface area (Å²) in [5.74, 6) is 1.21. The van der Waals surface area contributed by atoms with Gasteiger partial charge in [-0.1, -0.05) is 24.3 Å². The molecule has 1 heterocycles. The first kappa shape index (κ1) is 14.9. The molecule has 0 aliphatic carbocycles. The lowest BCUT2D eigenvalue weighted by Gasteiger charge is -2.26. The third-order valence-corrected chi connectivity index (χ3v) is 3.39. The van der Waals surface area contributed by atoms with Crippen molar-refractivity contribution in [1.29, 1.82) is 0 Å². The molecule has 1 fully saturated rings. The van der Waals surface area contributed by atoms with Gasteiger partial charge in [0.1, 0.15) is 18.0 Å². The van der Waals surface area contributed by atoms with Crippen molar-refractivity contribution in [3.05, 3.63) is 54.6 Å². The van der Waals surface area contributed by atoms with Crippen molar-refractivity contribution in [2.45, 2.75) is 0 Å². The Kier molecular flexibility index (Phi) is 4.42. The average molecular weight is 311 g/mol. The van der Waals surface area contributed by atoms with Gasteiger partial charge in [-0.15, -0.1) is 0 Å². The predicted molar refractivity (Wildman–Crippen MR) is 86.6 cm³/mol. The Morgan fingerprint density at radius 2 is 1.87 bits per heavy atom. The molecule has 118 valence electrons.